The maximum Gasteiger partial charge on any atom is 0.322 e. The van der Waals surface area contributed by atoms with Gasteiger partial charge in [-0.05, 0) is 50.2 Å². The number of aromatic nitrogens is 1. The molecule has 2 aromatic carbocycles. The number of carbonyl (C=O) groups excluding carboxylic acids is 1. The second kappa shape index (κ2) is 7.86. The number of carbonyl (C=O) groups is 1. The Balaban J connectivity index is 1.43. The molecule has 4 rings (SSSR count). The Morgan fingerprint density at radius 2 is 1.79 bits per heavy atom. The highest BCUT2D eigenvalue weighted by molar-refractivity contribution is 5.89. The molecule has 0 saturated carbocycles. The second-order valence-corrected chi connectivity index (χ2v) is 7.05. The van der Waals surface area contributed by atoms with Crippen molar-refractivity contribution in [3.63, 3.8) is 0 Å². The third-order valence-electron chi connectivity index (χ3n) is 4.64. The number of anilines is 1. The van der Waals surface area contributed by atoms with Crippen molar-refractivity contribution in [2.45, 2.75) is 26.1 Å². The summed E-state index contributed by atoms with van der Waals surface area (Å²) in [7, 11) is 0. The first-order chi connectivity index (χ1) is 13.6. The average Bonchev–Trinajstić information content (AvgIpc) is 2.69. The molecule has 0 radical (unpaired) electrons. The molecule has 1 fully saturated rings. The molecule has 6 nitrogen and oxygen atoms in total. The number of hydrogen-bond donors (Lipinski definition) is 1. The number of benzene rings is 2. The van der Waals surface area contributed by atoms with Gasteiger partial charge in [0.2, 0.25) is 0 Å². The predicted octanol–water partition coefficient (Wildman–Crippen LogP) is 4.67. The van der Waals surface area contributed by atoms with E-state index in [1.54, 1.807) is 11.1 Å². The van der Waals surface area contributed by atoms with Gasteiger partial charge in [-0.2, -0.15) is 0 Å². The minimum atomic E-state index is -0.117. The van der Waals surface area contributed by atoms with E-state index in [4.69, 9.17) is 9.47 Å². The molecule has 28 heavy (non-hydrogen) atoms. The number of morpholine rings is 1. The van der Waals surface area contributed by atoms with Crippen molar-refractivity contribution in [3.8, 4) is 11.5 Å². The Kier molecular flexibility index (Phi) is 5.12. The van der Waals surface area contributed by atoms with E-state index in [9.17, 15) is 4.79 Å². The number of hydrogen-bond acceptors (Lipinski definition) is 4. The van der Waals surface area contributed by atoms with Crippen molar-refractivity contribution in [2.75, 3.05) is 18.4 Å². The van der Waals surface area contributed by atoms with Crippen LogP contribution in [0.1, 0.15) is 13.8 Å². The lowest BCUT2D eigenvalue weighted by Gasteiger charge is -2.35. The number of rotatable bonds is 3. The zero-order chi connectivity index (χ0) is 19.5. The summed E-state index contributed by atoms with van der Waals surface area (Å²) in [6, 6.07) is 17.0. The van der Waals surface area contributed by atoms with E-state index in [0.717, 1.165) is 16.6 Å². The molecule has 144 valence electrons. The lowest BCUT2D eigenvalue weighted by Crippen LogP contribution is -2.49. The largest absolute Gasteiger partial charge is 0.455 e. The van der Waals surface area contributed by atoms with Crippen LogP contribution >= 0.6 is 0 Å². The minimum Gasteiger partial charge on any atom is -0.455 e. The van der Waals surface area contributed by atoms with Gasteiger partial charge in [-0.15, -0.1) is 0 Å². The number of pyridine rings is 1. The number of amides is 2. The second-order valence-electron chi connectivity index (χ2n) is 7.05. The summed E-state index contributed by atoms with van der Waals surface area (Å²) >= 11 is 0. The fraction of sp³-hybridized carbons (Fsp3) is 0.273. The Morgan fingerprint density at radius 1 is 1.07 bits per heavy atom. The summed E-state index contributed by atoms with van der Waals surface area (Å²) in [5, 5.41) is 3.96. The monoisotopic (exact) mass is 377 g/mol. The summed E-state index contributed by atoms with van der Waals surface area (Å²) in [6.07, 6.45) is 1.83. The van der Waals surface area contributed by atoms with Crippen LogP contribution in [-0.2, 0) is 4.74 Å². The van der Waals surface area contributed by atoms with Crippen molar-refractivity contribution in [1.82, 2.24) is 9.88 Å². The van der Waals surface area contributed by atoms with Gasteiger partial charge in [-0.25, -0.2) is 4.79 Å². The molecule has 1 N–H and O–H groups in total. The number of para-hydroxylation sites is 1. The third kappa shape index (κ3) is 4.07. The van der Waals surface area contributed by atoms with Gasteiger partial charge >= 0.3 is 6.03 Å². The first kappa shape index (κ1) is 18.3. The Morgan fingerprint density at radius 3 is 2.54 bits per heavy atom. The molecule has 0 spiro atoms. The molecule has 6 heteroatoms. The van der Waals surface area contributed by atoms with Gasteiger partial charge in [-0.1, -0.05) is 18.2 Å². The smallest absolute Gasteiger partial charge is 0.322 e. The van der Waals surface area contributed by atoms with E-state index in [2.05, 4.69) is 10.3 Å². The molecule has 0 bridgehead atoms. The summed E-state index contributed by atoms with van der Waals surface area (Å²) < 4.78 is 11.7. The van der Waals surface area contributed by atoms with Crippen molar-refractivity contribution < 1.29 is 14.3 Å². The molecular weight excluding hydrogens is 354 g/mol. The molecule has 0 aliphatic carbocycles. The topological polar surface area (TPSA) is 63.7 Å². The first-order valence-corrected chi connectivity index (χ1v) is 9.41. The molecule has 0 unspecified atom stereocenters. The summed E-state index contributed by atoms with van der Waals surface area (Å²) in [5.74, 6) is 1.39. The highest BCUT2D eigenvalue weighted by Gasteiger charge is 2.25. The molecular formula is C22H23N3O3. The average molecular weight is 377 g/mol. The fourth-order valence-corrected chi connectivity index (χ4v) is 3.44. The summed E-state index contributed by atoms with van der Waals surface area (Å²) in [6.45, 7) is 5.13. The molecule has 1 aliphatic heterocycles. The van der Waals surface area contributed by atoms with Gasteiger partial charge < -0.3 is 19.7 Å². The van der Waals surface area contributed by atoms with Crippen molar-refractivity contribution in [1.29, 1.82) is 0 Å². The Labute approximate surface area is 164 Å². The van der Waals surface area contributed by atoms with Crippen LogP contribution in [-0.4, -0.2) is 41.2 Å². The van der Waals surface area contributed by atoms with E-state index in [1.807, 2.05) is 68.4 Å². The fourth-order valence-electron chi connectivity index (χ4n) is 3.44. The minimum absolute atomic E-state index is 0.0413. The molecule has 2 atom stereocenters. The highest BCUT2D eigenvalue weighted by Crippen LogP contribution is 2.29. The summed E-state index contributed by atoms with van der Waals surface area (Å²) in [5.41, 5.74) is 1.54. The number of fused-ring (bicyclic) bond motifs is 1. The molecule has 1 aliphatic rings. The zero-order valence-corrected chi connectivity index (χ0v) is 16.0. The normalized spacial score (nSPS) is 19.4. The lowest BCUT2D eigenvalue weighted by atomic mass is 10.2. The molecule has 1 aromatic heterocycles. The van der Waals surface area contributed by atoms with Gasteiger partial charge in [0.15, 0.2) is 5.75 Å². The van der Waals surface area contributed by atoms with Gasteiger partial charge in [0.05, 0.1) is 12.2 Å². The van der Waals surface area contributed by atoms with E-state index in [1.165, 1.54) is 0 Å². The number of nitrogens with zero attached hydrogens (tertiary/aromatic N) is 2. The van der Waals surface area contributed by atoms with E-state index in [0.29, 0.717) is 24.6 Å². The quantitative estimate of drug-likeness (QED) is 0.720. The van der Waals surface area contributed by atoms with E-state index >= 15 is 0 Å². The zero-order valence-electron chi connectivity index (χ0n) is 16.0. The number of urea groups is 1. The van der Waals surface area contributed by atoms with Crippen LogP contribution in [0.2, 0.25) is 0 Å². The Hall–Kier alpha value is -3.12. The Bertz CT molecular complexity index is 959. The van der Waals surface area contributed by atoms with Crippen LogP contribution in [0.25, 0.3) is 10.9 Å². The van der Waals surface area contributed by atoms with E-state index < -0.39 is 0 Å². The van der Waals surface area contributed by atoms with Crippen LogP contribution in [0.3, 0.4) is 0 Å². The molecule has 1 saturated heterocycles. The predicted molar refractivity (Wildman–Crippen MR) is 109 cm³/mol. The van der Waals surface area contributed by atoms with Crippen molar-refractivity contribution in [3.05, 3.63) is 60.8 Å². The van der Waals surface area contributed by atoms with Crippen LogP contribution in [0, 0.1) is 0 Å². The van der Waals surface area contributed by atoms with Gasteiger partial charge in [0.25, 0.3) is 0 Å². The van der Waals surface area contributed by atoms with Crippen LogP contribution in [0.4, 0.5) is 10.5 Å². The molecule has 2 amide bonds. The van der Waals surface area contributed by atoms with E-state index in [-0.39, 0.29) is 18.2 Å². The van der Waals surface area contributed by atoms with Gasteiger partial charge in [-0.3, -0.25) is 4.98 Å². The van der Waals surface area contributed by atoms with Crippen LogP contribution < -0.4 is 10.1 Å². The SMILES string of the molecule is C[C@@H]1CN(C(=O)Nc2ccc(Oc3cccc4cccnc34)cc2)C[C@H](C)O1. The third-order valence-corrected chi connectivity index (χ3v) is 4.64. The van der Waals surface area contributed by atoms with Crippen LogP contribution in [0.5, 0.6) is 11.5 Å². The van der Waals surface area contributed by atoms with Crippen LogP contribution in [0.15, 0.2) is 60.8 Å². The maximum absolute atomic E-state index is 12.5. The number of nitrogens with one attached hydrogen (secondary N) is 1. The summed E-state index contributed by atoms with van der Waals surface area (Å²) in [4.78, 5) is 18.7. The molecule has 3 aromatic rings. The van der Waals surface area contributed by atoms with Gasteiger partial charge in [0.1, 0.15) is 11.3 Å². The first-order valence-electron chi connectivity index (χ1n) is 9.41. The lowest BCUT2D eigenvalue weighted by molar-refractivity contribution is -0.0530. The maximum atomic E-state index is 12.5. The van der Waals surface area contributed by atoms with Crippen molar-refractivity contribution in [2.24, 2.45) is 0 Å². The van der Waals surface area contributed by atoms with Gasteiger partial charge in [0, 0.05) is 30.4 Å². The molecule has 2 heterocycles. The number of ether oxygens (including phenoxy) is 2. The highest BCUT2D eigenvalue weighted by atomic mass is 16.5. The standard InChI is InChI=1S/C22H23N3O3/c1-15-13-25(14-16(2)27-15)22(26)24-18-8-10-19(11-9-18)28-20-7-3-5-17-6-4-12-23-21(17)20/h3-12,15-16H,13-14H2,1-2H3,(H,24,26)/t15-,16+. The van der Waals surface area contributed by atoms with Crippen molar-refractivity contribution >= 4 is 22.6 Å².